The van der Waals surface area contributed by atoms with Crippen molar-refractivity contribution in [2.24, 2.45) is 0 Å². The Hall–Kier alpha value is -3.91. The van der Waals surface area contributed by atoms with Gasteiger partial charge in [-0.25, -0.2) is 0 Å². The van der Waals surface area contributed by atoms with E-state index in [-0.39, 0.29) is 17.4 Å². The van der Waals surface area contributed by atoms with Crippen LogP contribution < -0.4 is 0 Å². The summed E-state index contributed by atoms with van der Waals surface area (Å²) in [7, 11) is 2.92. The fourth-order valence-corrected chi connectivity index (χ4v) is 10.1. The number of carbonyl (C=O) groups excluding carboxylic acids is 4. The molecule has 6 rings (SSSR count). The quantitative estimate of drug-likeness (QED) is 0.253. The molecule has 5 heterocycles. The van der Waals surface area contributed by atoms with Gasteiger partial charge in [-0.3, -0.25) is 29.0 Å². The lowest BCUT2D eigenvalue weighted by atomic mass is 9.80. The first-order valence-electron chi connectivity index (χ1n) is 12.9. The van der Waals surface area contributed by atoms with Gasteiger partial charge in [0.15, 0.2) is 0 Å². The second-order valence-corrected chi connectivity index (χ2v) is 14.2. The number of hydrogen-bond donors (Lipinski definition) is 0. The maximum atomic E-state index is 13.0. The van der Waals surface area contributed by atoms with Gasteiger partial charge in [0, 0.05) is 50.7 Å². The van der Waals surface area contributed by atoms with Crippen LogP contribution in [0.25, 0.3) is 31.0 Å². The maximum absolute atomic E-state index is 13.0. The number of thiophene rings is 3. The van der Waals surface area contributed by atoms with Crippen molar-refractivity contribution in [3.63, 3.8) is 0 Å². The summed E-state index contributed by atoms with van der Waals surface area (Å²) in [5.41, 5.74) is 4.37. The van der Waals surface area contributed by atoms with Crippen molar-refractivity contribution in [1.82, 2.24) is 9.80 Å². The van der Waals surface area contributed by atoms with E-state index in [2.05, 4.69) is 26.0 Å². The van der Waals surface area contributed by atoms with Crippen molar-refractivity contribution in [2.45, 2.75) is 40.0 Å². The van der Waals surface area contributed by atoms with Crippen molar-refractivity contribution in [3.05, 3.63) is 66.5 Å². The fraction of sp³-hybridized carbons (Fsp3) is 0.258. The van der Waals surface area contributed by atoms with Crippen molar-refractivity contribution in [2.75, 3.05) is 14.1 Å². The van der Waals surface area contributed by atoms with Crippen LogP contribution in [0, 0.1) is 11.3 Å². The van der Waals surface area contributed by atoms with Gasteiger partial charge in [-0.15, -0.1) is 34.0 Å². The van der Waals surface area contributed by atoms with E-state index in [4.69, 9.17) is 0 Å². The SMILES string of the molecule is CC1=C(C)/C(=C\c2cc3sc4c5c(sc4c3s2)C=C(/C=C2/C(=O)N(C)C(=O)C(C#N)=C2C)C5(C)C)C(=O)N(C)C1=O. The summed E-state index contributed by atoms with van der Waals surface area (Å²) in [5.74, 6) is -1.53. The molecule has 7 nitrogen and oxygen atoms in total. The van der Waals surface area contributed by atoms with Crippen LogP contribution in [0.3, 0.4) is 0 Å². The third-order valence-corrected chi connectivity index (χ3v) is 12.1. The molecule has 0 spiro atoms. The van der Waals surface area contributed by atoms with E-state index in [1.54, 1.807) is 47.9 Å². The molecular formula is C31H25N3O4S3. The Morgan fingerprint density at radius 1 is 0.780 bits per heavy atom. The molecule has 0 saturated carbocycles. The van der Waals surface area contributed by atoms with Crippen molar-refractivity contribution in [3.8, 4) is 6.07 Å². The summed E-state index contributed by atoms with van der Waals surface area (Å²) < 4.78 is 4.72. The van der Waals surface area contributed by atoms with Crippen molar-refractivity contribution < 1.29 is 19.2 Å². The predicted octanol–water partition coefficient (Wildman–Crippen LogP) is 6.34. The van der Waals surface area contributed by atoms with E-state index >= 15 is 0 Å². The first-order chi connectivity index (χ1) is 19.3. The van der Waals surface area contributed by atoms with E-state index < -0.39 is 17.2 Å². The molecule has 0 fully saturated rings. The number of amides is 4. The summed E-state index contributed by atoms with van der Waals surface area (Å²) in [5, 5.41) is 9.52. The van der Waals surface area contributed by atoms with E-state index in [1.807, 2.05) is 25.1 Å². The highest BCUT2D eigenvalue weighted by atomic mass is 32.1. The largest absolute Gasteiger partial charge is 0.278 e. The molecule has 41 heavy (non-hydrogen) atoms. The monoisotopic (exact) mass is 599 g/mol. The standard InChI is InChI=1S/C31H25N3O4S3/c1-13-14(2)27(35)33(6)29(37)19(13)10-17-11-22-24(39-17)26-25(41-22)23-21(40-26)9-16(31(23,4)5)8-18-15(3)20(12-32)30(38)34(7)28(18)36/h8-11H,1-7H3/b18-8+,19-10+. The number of nitrogens with zero attached hydrogens (tertiary/aromatic N) is 3. The second-order valence-electron chi connectivity index (χ2n) is 11.0. The minimum absolute atomic E-state index is 0.00908. The third-order valence-electron chi connectivity index (χ3n) is 8.32. The van der Waals surface area contributed by atoms with Crippen LogP contribution in [0.5, 0.6) is 0 Å². The maximum Gasteiger partial charge on any atom is 0.271 e. The van der Waals surface area contributed by atoms with Gasteiger partial charge in [-0.1, -0.05) is 13.8 Å². The van der Waals surface area contributed by atoms with Crippen LogP contribution in [0.15, 0.2) is 51.2 Å². The fourth-order valence-electron chi connectivity index (χ4n) is 5.58. The summed E-state index contributed by atoms with van der Waals surface area (Å²) in [4.78, 5) is 54.8. The highest BCUT2D eigenvalue weighted by molar-refractivity contribution is 7.39. The number of imide groups is 2. The Kier molecular flexibility index (Phi) is 6.02. The first-order valence-corrected chi connectivity index (χ1v) is 15.3. The Balaban J connectivity index is 1.43. The Morgan fingerprint density at radius 2 is 1.41 bits per heavy atom. The molecule has 3 aromatic rings. The van der Waals surface area contributed by atoms with Crippen molar-refractivity contribution >= 4 is 88.6 Å². The smallest absolute Gasteiger partial charge is 0.271 e. The van der Waals surface area contributed by atoms with Gasteiger partial charge >= 0.3 is 0 Å². The Bertz CT molecular complexity index is 2010. The zero-order valence-corrected chi connectivity index (χ0v) is 26.0. The van der Waals surface area contributed by atoms with Gasteiger partial charge in [0.25, 0.3) is 23.6 Å². The summed E-state index contributed by atoms with van der Waals surface area (Å²) in [6.07, 6.45) is 5.82. The molecule has 1 aliphatic carbocycles. The highest BCUT2D eigenvalue weighted by Crippen LogP contribution is 2.55. The lowest BCUT2D eigenvalue weighted by molar-refractivity contribution is -0.140. The average molecular weight is 600 g/mol. The van der Waals surface area contributed by atoms with Crippen LogP contribution in [0.1, 0.15) is 49.9 Å². The van der Waals surface area contributed by atoms with E-state index in [0.29, 0.717) is 27.9 Å². The van der Waals surface area contributed by atoms with Crippen LogP contribution in [-0.2, 0) is 24.6 Å². The highest BCUT2D eigenvalue weighted by Gasteiger charge is 2.39. The number of carbonyl (C=O) groups is 4. The van der Waals surface area contributed by atoms with Gasteiger partial charge in [0.1, 0.15) is 11.6 Å². The molecule has 0 N–H and O–H groups in total. The second kappa shape index (κ2) is 9.05. The topological polar surface area (TPSA) is 98.6 Å². The lowest BCUT2D eigenvalue weighted by Crippen LogP contribution is -2.39. The Morgan fingerprint density at radius 3 is 2.07 bits per heavy atom. The van der Waals surface area contributed by atoms with Crippen LogP contribution in [0.2, 0.25) is 0 Å². The number of allylic oxidation sites excluding steroid dienone is 2. The van der Waals surface area contributed by atoms with Crippen molar-refractivity contribution in [1.29, 1.82) is 5.26 Å². The molecule has 2 aliphatic heterocycles. The summed E-state index contributed by atoms with van der Waals surface area (Å²) in [6, 6.07) is 4.06. The molecule has 0 bridgehead atoms. The molecule has 0 atom stereocenters. The number of likely N-dealkylation sites (N-methyl/N-ethyl adjacent to an activating group) is 2. The molecule has 0 saturated heterocycles. The van der Waals surface area contributed by atoms with Gasteiger partial charge in [0.2, 0.25) is 0 Å². The zero-order valence-electron chi connectivity index (χ0n) is 23.5. The van der Waals surface area contributed by atoms with Crippen LogP contribution >= 0.6 is 34.0 Å². The molecular weight excluding hydrogens is 575 g/mol. The molecule has 0 radical (unpaired) electrons. The number of hydrogen-bond acceptors (Lipinski definition) is 8. The summed E-state index contributed by atoms with van der Waals surface area (Å²) in [6.45, 7) is 9.49. The molecule has 0 aromatic carbocycles. The van der Waals surface area contributed by atoms with E-state index in [0.717, 1.165) is 24.9 Å². The molecule has 10 heteroatoms. The first kappa shape index (κ1) is 27.3. The van der Waals surface area contributed by atoms with Crippen LogP contribution in [0.4, 0.5) is 0 Å². The number of rotatable bonds is 2. The molecule has 3 aliphatic rings. The molecule has 4 amide bonds. The molecule has 206 valence electrons. The number of nitriles is 1. The minimum Gasteiger partial charge on any atom is -0.278 e. The molecule has 3 aromatic heterocycles. The lowest BCUT2D eigenvalue weighted by Gasteiger charge is -2.26. The van der Waals surface area contributed by atoms with E-state index in [9.17, 15) is 24.4 Å². The average Bonchev–Trinajstić information content (AvgIpc) is 3.63. The normalized spacial score (nSPS) is 21.4. The van der Waals surface area contributed by atoms with Gasteiger partial charge in [-0.05, 0) is 67.3 Å². The summed E-state index contributed by atoms with van der Waals surface area (Å²) >= 11 is 5.07. The van der Waals surface area contributed by atoms with Gasteiger partial charge in [0.05, 0.1) is 14.1 Å². The van der Waals surface area contributed by atoms with Gasteiger partial charge < -0.3 is 0 Å². The predicted molar refractivity (Wildman–Crippen MR) is 164 cm³/mol. The number of fused-ring (bicyclic) bond motifs is 5. The minimum atomic E-state index is -0.573. The third kappa shape index (κ3) is 3.73. The van der Waals surface area contributed by atoms with Gasteiger partial charge in [-0.2, -0.15) is 5.26 Å². The molecule has 0 unspecified atom stereocenters. The van der Waals surface area contributed by atoms with Crippen LogP contribution in [-0.4, -0.2) is 47.5 Å². The zero-order chi connectivity index (χ0) is 29.7. The van der Waals surface area contributed by atoms with E-state index in [1.165, 1.54) is 38.7 Å². The Labute approximate surface area is 248 Å².